The molecule has 1 aromatic rings. The lowest BCUT2D eigenvalue weighted by molar-refractivity contribution is -0.133. The first-order valence-electron chi connectivity index (χ1n) is 7.37. The van der Waals surface area contributed by atoms with Crippen molar-refractivity contribution in [1.29, 1.82) is 0 Å². The molecular weight excluding hydrogens is 254 g/mol. The number of hydrogen-bond acceptors (Lipinski definition) is 2. The fourth-order valence-electron chi connectivity index (χ4n) is 3.07. The molecule has 2 aliphatic rings. The van der Waals surface area contributed by atoms with Gasteiger partial charge in [-0.05, 0) is 42.7 Å². The number of thiophene rings is 1. The first-order valence-corrected chi connectivity index (χ1v) is 8.25. The molecule has 0 aromatic carbocycles. The van der Waals surface area contributed by atoms with Gasteiger partial charge < -0.3 is 4.90 Å². The van der Waals surface area contributed by atoms with E-state index in [1.807, 2.05) is 11.0 Å². The highest BCUT2D eigenvalue weighted by Gasteiger charge is 2.32. The Morgan fingerprint density at radius 2 is 2.11 bits per heavy atom. The zero-order valence-electron chi connectivity index (χ0n) is 11.3. The quantitative estimate of drug-likeness (QED) is 0.759. The molecule has 1 amide bonds. The monoisotopic (exact) mass is 275 g/mol. The second kappa shape index (κ2) is 5.91. The van der Waals surface area contributed by atoms with Crippen LogP contribution in [0.3, 0.4) is 0 Å². The highest BCUT2D eigenvalue weighted by atomic mass is 32.1. The number of allylic oxidation sites excluding steroid dienone is 1. The van der Waals surface area contributed by atoms with Gasteiger partial charge in [-0.3, -0.25) is 4.79 Å². The third-order valence-electron chi connectivity index (χ3n) is 4.34. The molecule has 1 aliphatic carbocycles. The summed E-state index contributed by atoms with van der Waals surface area (Å²) >= 11 is 1.76. The Labute approximate surface area is 119 Å². The van der Waals surface area contributed by atoms with E-state index in [1.165, 1.54) is 37.0 Å². The van der Waals surface area contributed by atoms with Crippen molar-refractivity contribution < 1.29 is 4.79 Å². The molecule has 2 fully saturated rings. The number of nitrogens with zero attached hydrogens (tertiary/aromatic N) is 1. The summed E-state index contributed by atoms with van der Waals surface area (Å²) in [7, 11) is 0. The summed E-state index contributed by atoms with van der Waals surface area (Å²) in [4.78, 5) is 15.5. The Morgan fingerprint density at radius 1 is 1.26 bits per heavy atom. The van der Waals surface area contributed by atoms with E-state index in [0.29, 0.717) is 12.0 Å². The third kappa shape index (κ3) is 2.92. The van der Waals surface area contributed by atoms with E-state index in [9.17, 15) is 4.79 Å². The summed E-state index contributed by atoms with van der Waals surface area (Å²) < 4.78 is 0. The van der Waals surface area contributed by atoms with Gasteiger partial charge in [-0.15, -0.1) is 11.3 Å². The van der Waals surface area contributed by atoms with Crippen molar-refractivity contribution in [3.05, 3.63) is 34.5 Å². The van der Waals surface area contributed by atoms with E-state index >= 15 is 0 Å². The minimum absolute atomic E-state index is 0.204. The number of amides is 1. The van der Waals surface area contributed by atoms with Gasteiger partial charge in [0, 0.05) is 11.4 Å². The van der Waals surface area contributed by atoms with E-state index in [2.05, 4.69) is 23.6 Å². The van der Waals surface area contributed by atoms with E-state index in [1.54, 1.807) is 11.3 Å². The van der Waals surface area contributed by atoms with Gasteiger partial charge in [0.2, 0.25) is 5.91 Å². The number of hydrogen-bond donors (Lipinski definition) is 0. The average Bonchev–Trinajstić information content (AvgIpc) is 2.90. The molecule has 1 aromatic heterocycles. The molecule has 1 saturated carbocycles. The van der Waals surface area contributed by atoms with Gasteiger partial charge in [0.1, 0.15) is 0 Å². The zero-order valence-corrected chi connectivity index (χ0v) is 12.1. The van der Waals surface area contributed by atoms with Crippen LogP contribution in [-0.4, -0.2) is 17.4 Å². The van der Waals surface area contributed by atoms with Crippen LogP contribution in [0, 0.1) is 5.92 Å². The molecule has 1 unspecified atom stereocenters. The lowest BCUT2D eigenvalue weighted by Crippen LogP contribution is -2.44. The number of likely N-dealkylation sites (tertiary alicyclic amines) is 1. The molecule has 1 atom stereocenters. The van der Waals surface area contributed by atoms with Gasteiger partial charge in [0.25, 0.3) is 0 Å². The summed E-state index contributed by atoms with van der Waals surface area (Å²) in [6.45, 7) is 0.913. The second-order valence-corrected chi connectivity index (χ2v) is 6.59. The molecular formula is C16H21NOS. The third-order valence-corrected chi connectivity index (χ3v) is 5.31. The Bertz CT molecular complexity index is 445. The predicted molar refractivity (Wildman–Crippen MR) is 79.1 cm³/mol. The van der Waals surface area contributed by atoms with Gasteiger partial charge in [-0.1, -0.05) is 31.4 Å². The van der Waals surface area contributed by atoms with Crippen LogP contribution < -0.4 is 0 Å². The summed E-state index contributed by atoms with van der Waals surface area (Å²) in [5.41, 5.74) is 0. The van der Waals surface area contributed by atoms with Crippen LogP contribution in [0.15, 0.2) is 29.7 Å². The SMILES string of the molecule is O=C(/C=C/C1CCCCC1)N1CCC1c1cccs1. The zero-order chi connectivity index (χ0) is 13.1. The van der Waals surface area contributed by atoms with Crippen molar-refractivity contribution in [2.45, 2.75) is 44.6 Å². The molecule has 2 heterocycles. The van der Waals surface area contributed by atoms with Gasteiger partial charge in [0.15, 0.2) is 0 Å². The van der Waals surface area contributed by atoms with Crippen LogP contribution >= 0.6 is 11.3 Å². The maximum atomic E-state index is 12.2. The van der Waals surface area contributed by atoms with Crippen molar-refractivity contribution in [3.63, 3.8) is 0 Å². The van der Waals surface area contributed by atoms with Crippen molar-refractivity contribution >= 4 is 17.2 Å². The van der Waals surface area contributed by atoms with Crippen molar-refractivity contribution in [2.24, 2.45) is 5.92 Å². The summed E-state index contributed by atoms with van der Waals surface area (Å²) in [5, 5.41) is 2.09. The molecule has 0 N–H and O–H groups in total. The van der Waals surface area contributed by atoms with Crippen molar-refractivity contribution in [1.82, 2.24) is 4.90 Å². The topological polar surface area (TPSA) is 20.3 Å². The first-order chi connectivity index (χ1) is 9.34. The lowest BCUT2D eigenvalue weighted by atomic mass is 9.89. The van der Waals surface area contributed by atoms with E-state index in [4.69, 9.17) is 0 Å². The number of carbonyl (C=O) groups is 1. The van der Waals surface area contributed by atoms with Gasteiger partial charge >= 0.3 is 0 Å². The van der Waals surface area contributed by atoms with Gasteiger partial charge in [0.05, 0.1) is 6.04 Å². The molecule has 3 heteroatoms. The molecule has 2 nitrogen and oxygen atoms in total. The largest absolute Gasteiger partial charge is 0.331 e. The van der Waals surface area contributed by atoms with Crippen LogP contribution in [0.25, 0.3) is 0 Å². The molecule has 19 heavy (non-hydrogen) atoms. The molecule has 3 rings (SSSR count). The van der Waals surface area contributed by atoms with Crippen LogP contribution in [0.5, 0.6) is 0 Å². The smallest absolute Gasteiger partial charge is 0.246 e. The van der Waals surface area contributed by atoms with Crippen LogP contribution in [-0.2, 0) is 4.79 Å². The standard InChI is InChI=1S/C16H21NOS/c18-16(9-8-13-5-2-1-3-6-13)17-11-10-14(17)15-7-4-12-19-15/h4,7-9,12-14H,1-3,5-6,10-11H2/b9-8+. The van der Waals surface area contributed by atoms with Crippen LogP contribution in [0.1, 0.15) is 49.4 Å². The fourth-order valence-corrected chi connectivity index (χ4v) is 3.94. The predicted octanol–water partition coefficient (Wildman–Crippen LogP) is 4.16. The first kappa shape index (κ1) is 12.9. The van der Waals surface area contributed by atoms with Crippen LogP contribution in [0.4, 0.5) is 0 Å². The lowest BCUT2D eigenvalue weighted by Gasteiger charge is -2.40. The highest BCUT2D eigenvalue weighted by molar-refractivity contribution is 7.10. The van der Waals surface area contributed by atoms with E-state index in [0.717, 1.165) is 13.0 Å². The molecule has 1 saturated heterocycles. The Hall–Kier alpha value is -1.09. The maximum absolute atomic E-state index is 12.2. The summed E-state index contributed by atoms with van der Waals surface area (Å²) in [5.74, 6) is 0.842. The second-order valence-electron chi connectivity index (χ2n) is 5.61. The molecule has 0 radical (unpaired) electrons. The number of rotatable bonds is 3. The van der Waals surface area contributed by atoms with Gasteiger partial charge in [-0.25, -0.2) is 0 Å². The minimum Gasteiger partial charge on any atom is -0.331 e. The summed E-state index contributed by atoms with van der Waals surface area (Å²) in [6.07, 6.45) is 11.6. The van der Waals surface area contributed by atoms with E-state index in [-0.39, 0.29) is 5.91 Å². The Kier molecular flexibility index (Phi) is 4.02. The van der Waals surface area contributed by atoms with E-state index < -0.39 is 0 Å². The Balaban J connectivity index is 1.57. The minimum atomic E-state index is 0.204. The average molecular weight is 275 g/mol. The maximum Gasteiger partial charge on any atom is 0.246 e. The highest BCUT2D eigenvalue weighted by Crippen LogP contribution is 2.36. The Morgan fingerprint density at radius 3 is 2.74 bits per heavy atom. The summed E-state index contributed by atoms with van der Waals surface area (Å²) in [6, 6.07) is 4.54. The molecule has 1 aliphatic heterocycles. The van der Waals surface area contributed by atoms with Crippen LogP contribution in [0.2, 0.25) is 0 Å². The normalized spacial score (nSPS) is 24.6. The molecule has 0 spiro atoms. The van der Waals surface area contributed by atoms with Crippen molar-refractivity contribution in [3.8, 4) is 0 Å². The van der Waals surface area contributed by atoms with Crippen molar-refractivity contribution in [2.75, 3.05) is 6.54 Å². The van der Waals surface area contributed by atoms with Gasteiger partial charge in [-0.2, -0.15) is 0 Å². The fraction of sp³-hybridized carbons (Fsp3) is 0.562. The molecule has 0 bridgehead atoms. The number of carbonyl (C=O) groups excluding carboxylic acids is 1. The molecule has 102 valence electrons.